The molecule has 0 saturated carbocycles. The van der Waals surface area contributed by atoms with E-state index in [0.29, 0.717) is 29.8 Å². The Morgan fingerprint density at radius 3 is 2.77 bits per heavy atom. The first-order chi connectivity index (χ1) is 18.9. The van der Waals surface area contributed by atoms with E-state index in [1.165, 1.54) is 4.90 Å². The van der Waals surface area contributed by atoms with E-state index in [0.717, 1.165) is 11.3 Å². The fourth-order valence-electron chi connectivity index (χ4n) is 4.37. The molecule has 1 saturated heterocycles. The lowest BCUT2D eigenvalue weighted by Crippen LogP contribution is -2.61. The van der Waals surface area contributed by atoms with E-state index in [2.05, 4.69) is 20.3 Å². The topological polar surface area (TPSA) is 161 Å². The van der Waals surface area contributed by atoms with Crippen LogP contribution in [0.3, 0.4) is 0 Å². The normalized spacial score (nSPS) is 16.3. The zero-order valence-corrected chi connectivity index (χ0v) is 21.1. The van der Waals surface area contributed by atoms with Gasteiger partial charge in [0.25, 0.3) is 0 Å². The predicted octanol–water partition coefficient (Wildman–Crippen LogP) is 0.134. The van der Waals surface area contributed by atoms with Crippen LogP contribution in [0.4, 0.5) is 5.82 Å². The van der Waals surface area contributed by atoms with Crippen LogP contribution in [-0.4, -0.2) is 93.0 Å². The number of aryl methyl sites for hydroxylation is 1. The van der Waals surface area contributed by atoms with Crippen molar-refractivity contribution in [2.75, 3.05) is 44.5 Å². The standard InChI is InChI=1S/C25H27N7O7/c1-16-8-21(29-25(28-16)31-5-4-26-14-31)30-6-7-32(22(33)12-37-13-23(34)35)18(11-30)24(36)27-10-17-2-3-19-20(9-17)39-15-38-19/h2-5,8-9,14,18H,6-7,10-13,15H2,1H3,(H,27,36)(H,34,35). The first kappa shape index (κ1) is 25.9. The number of carboxylic acid groups (broad SMARTS) is 1. The number of aliphatic carboxylic acids is 1. The first-order valence-corrected chi connectivity index (χ1v) is 12.2. The van der Waals surface area contributed by atoms with Gasteiger partial charge >= 0.3 is 5.97 Å². The van der Waals surface area contributed by atoms with Gasteiger partial charge in [0.2, 0.25) is 24.6 Å². The zero-order chi connectivity index (χ0) is 27.4. The highest BCUT2D eigenvalue weighted by Gasteiger charge is 2.36. The van der Waals surface area contributed by atoms with Crippen molar-refractivity contribution in [3.05, 3.63) is 54.2 Å². The molecule has 0 bridgehead atoms. The Labute approximate surface area is 223 Å². The van der Waals surface area contributed by atoms with Gasteiger partial charge in [-0.2, -0.15) is 4.98 Å². The Balaban J connectivity index is 1.33. The van der Waals surface area contributed by atoms with Crippen LogP contribution in [0.15, 0.2) is 43.0 Å². The van der Waals surface area contributed by atoms with Crippen molar-refractivity contribution in [3.63, 3.8) is 0 Å². The molecule has 1 atom stereocenters. The number of amides is 2. The van der Waals surface area contributed by atoms with E-state index >= 15 is 0 Å². The Kier molecular flexibility index (Phi) is 7.54. The summed E-state index contributed by atoms with van der Waals surface area (Å²) in [6.45, 7) is 1.92. The maximum Gasteiger partial charge on any atom is 0.329 e. The van der Waals surface area contributed by atoms with Crippen molar-refractivity contribution >= 4 is 23.6 Å². The molecule has 5 rings (SSSR count). The molecule has 2 N–H and O–H groups in total. The fraction of sp³-hybridized carbons (Fsp3) is 0.360. The van der Waals surface area contributed by atoms with E-state index in [-0.39, 0.29) is 32.3 Å². The number of hydrogen-bond acceptors (Lipinski definition) is 10. The van der Waals surface area contributed by atoms with E-state index < -0.39 is 31.1 Å². The molecule has 2 aromatic heterocycles. The molecule has 1 unspecified atom stereocenters. The number of piperazine rings is 1. The van der Waals surface area contributed by atoms with Crippen LogP contribution in [0.2, 0.25) is 0 Å². The Hall–Kier alpha value is -4.72. The highest BCUT2D eigenvalue weighted by atomic mass is 16.7. The van der Waals surface area contributed by atoms with Crippen LogP contribution in [-0.2, 0) is 25.7 Å². The van der Waals surface area contributed by atoms with Crippen LogP contribution >= 0.6 is 0 Å². The number of rotatable bonds is 9. The van der Waals surface area contributed by atoms with Crippen LogP contribution in [0.25, 0.3) is 5.95 Å². The Morgan fingerprint density at radius 2 is 1.97 bits per heavy atom. The average molecular weight is 538 g/mol. The van der Waals surface area contributed by atoms with Gasteiger partial charge in [-0.05, 0) is 24.6 Å². The smallest absolute Gasteiger partial charge is 0.329 e. The van der Waals surface area contributed by atoms with Crippen LogP contribution in [0, 0.1) is 6.92 Å². The molecule has 14 heteroatoms. The van der Waals surface area contributed by atoms with Crippen molar-refractivity contribution in [3.8, 4) is 17.4 Å². The number of imidazole rings is 1. The van der Waals surface area contributed by atoms with Crippen molar-refractivity contribution in [2.45, 2.75) is 19.5 Å². The number of carbonyl (C=O) groups is 3. The van der Waals surface area contributed by atoms with E-state index in [1.54, 1.807) is 35.4 Å². The van der Waals surface area contributed by atoms with Gasteiger partial charge in [-0.1, -0.05) is 6.07 Å². The number of carboxylic acids is 1. The summed E-state index contributed by atoms with van der Waals surface area (Å²) in [5.74, 6) is 0.258. The van der Waals surface area contributed by atoms with Crippen LogP contribution in [0.5, 0.6) is 11.5 Å². The van der Waals surface area contributed by atoms with Gasteiger partial charge in [0.1, 0.15) is 31.4 Å². The van der Waals surface area contributed by atoms with E-state index in [9.17, 15) is 14.4 Å². The third kappa shape index (κ3) is 6.06. The highest BCUT2D eigenvalue weighted by molar-refractivity contribution is 5.89. The van der Waals surface area contributed by atoms with Crippen LogP contribution in [0.1, 0.15) is 11.3 Å². The van der Waals surface area contributed by atoms with E-state index in [4.69, 9.17) is 19.3 Å². The summed E-state index contributed by atoms with van der Waals surface area (Å²) in [4.78, 5) is 53.7. The predicted molar refractivity (Wildman–Crippen MR) is 134 cm³/mol. The lowest BCUT2D eigenvalue weighted by molar-refractivity contribution is -0.149. The number of fused-ring (bicyclic) bond motifs is 1. The molecule has 39 heavy (non-hydrogen) atoms. The number of hydrogen-bond donors (Lipinski definition) is 2. The summed E-state index contributed by atoms with van der Waals surface area (Å²) in [5, 5.41) is 11.7. The lowest BCUT2D eigenvalue weighted by Gasteiger charge is -2.41. The fourth-order valence-corrected chi connectivity index (χ4v) is 4.37. The molecule has 2 amide bonds. The number of carbonyl (C=O) groups excluding carboxylic acids is 2. The molecule has 1 fully saturated rings. The van der Waals surface area contributed by atoms with E-state index in [1.807, 2.05) is 24.0 Å². The third-order valence-electron chi connectivity index (χ3n) is 6.25. The molecule has 2 aliphatic heterocycles. The summed E-state index contributed by atoms with van der Waals surface area (Å²) < 4.78 is 17.4. The average Bonchev–Trinajstić information content (AvgIpc) is 3.63. The van der Waals surface area contributed by atoms with Gasteiger partial charge in [-0.3, -0.25) is 14.2 Å². The molecule has 0 spiro atoms. The molecule has 204 valence electrons. The summed E-state index contributed by atoms with van der Waals surface area (Å²) in [7, 11) is 0. The minimum atomic E-state index is -1.18. The molecule has 0 aliphatic carbocycles. The second-order valence-corrected chi connectivity index (χ2v) is 8.98. The van der Waals surface area contributed by atoms with Crippen molar-refractivity contribution in [2.24, 2.45) is 0 Å². The number of ether oxygens (including phenoxy) is 3. The van der Waals surface area contributed by atoms with Gasteiger partial charge in [0, 0.05) is 50.3 Å². The first-order valence-electron chi connectivity index (χ1n) is 12.2. The third-order valence-corrected chi connectivity index (χ3v) is 6.25. The van der Waals surface area contributed by atoms with Crippen LogP contribution < -0.4 is 19.7 Å². The molecule has 14 nitrogen and oxygen atoms in total. The molecular formula is C25H27N7O7. The number of nitrogens with one attached hydrogen (secondary N) is 1. The summed E-state index contributed by atoms with van der Waals surface area (Å²) in [5.41, 5.74) is 1.53. The SMILES string of the molecule is Cc1cc(N2CCN(C(=O)COCC(=O)O)C(C(=O)NCc3ccc4c(c3)OCO4)C2)nc(-n2ccnc2)n1. The second-order valence-electron chi connectivity index (χ2n) is 8.98. The minimum absolute atomic E-state index is 0.148. The maximum absolute atomic E-state index is 13.4. The number of benzene rings is 1. The molecule has 1 aromatic carbocycles. The maximum atomic E-state index is 13.4. The summed E-state index contributed by atoms with van der Waals surface area (Å²) in [6, 6.07) is 6.33. The van der Waals surface area contributed by atoms with Crippen molar-refractivity contribution < 1.29 is 33.7 Å². The Bertz CT molecular complexity index is 1360. The highest BCUT2D eigenvalue weighted by Crippen LogP contribution is 2.32. The largest absolute Gasteiger partial charge is 0.480 e. The van der Waals surface area contributed by atoms with Gasteiger partial charge in [-0.25, -0.2) is 14.8 Å². The Morgan fingerprint density at radius 1 is 1.13 bits per heavy atom. The number of aromatic nitrogens is 4. The summed E-state index contributed by atoms with van der Waals surface area (Å²) >= 11 is 0. The molecule has 3 aromatic rings. The summed E-state index contributed by atoms with van der Waals surface area (Å²) in [6.07, 6.45) is 4.96. The molecule has 4 heterocycles. The number of anilines is 1. The van der Waals surface area contributed by atoms with Gasteiger partial charge in [-0.15, -0.1) is 0 Å². The number of nitrogens with zero attached hydrogens (tertiary/aromatic N) is 6. The minimum Gasteiger partial charge on any atom is -0.480 e. The monoisotopic (exact) mass is 537 g/mol. The van der Waals surface area contributed by atoms with Crippen molar-refractivity contribution in [1.82, 2.24) is 29.7 Å². The van der Waals surface area contributed by atoms with Gasteiger partial charge < -0.3 is 34.4 Å². The van der Waals surface area contributed by atoms with Gasteiger partial charge in [0.05, 0.1) is 0 Å². The second kappa shape index (κ2) is 11.3. The zero-order valence-electron chi connectivity index (χ0n) is 21.1. The van der Waals surface area contributed by atoms with Crippen molar-refractivity contribution in [1.29, 1.82) is 0 Å². The lowest BCUT2D eigenvalue weighted by atomic mass is 10.1. The molecule has 0 radical (unpaired) electrons. The quantitative estimate of drug-likeness (QED) is 0.382. The molecular weight excluding hydrogens is 510 g/mol. The molecule has 2 aliphatic rings. The van der Waals surface area contributed by atoms with Gasteiger partial charge in [0.15, 0.2) is 11.5 Å².